The molecule has 1 N–H and O–H groups in total. The molecular formula is C12H21NO6S. The number of nitrogens with zero attached hydrogens (tertiary/aromatic N) is 1. The smallest absolute Gasteiger partial charge is 0.329 e. The predicted molar refractivity (Wildman–Crippen MR) is 72.1 cm³/mol. The van der Waals surface area contributed by atoms with E-state index in [1.165, 1.54) is 18.7 Å². The van der Waals surface area contributed by atoms with Crippen LogP contribution in [0.3, 0.4) is 0 Å². The number of hydrogen-bond acceptors (Lipinski definition) is 5. The molecule has 1 fully saturated rings. The third-order valence-corrected chi connectivity index (χ3v) is 5.64. The van der Waals surface area contributed by atoms with Crippen molar-refractivity contribution in [2.24, 2.45) is 0 Å². The molecule has 1 aliphatic rings. The van der Waals surface area contributed by atoms with Crippen molar-refractivity contribution in [1.29, 1.82) is 0 Å². The first-order chi connectivity index (χ1) is 9.05. The Kier molecular flexibility index (Phi) is 5.15. The van der Waals surface area contributed by atoms with Crippen LogP contribution >= 0.6 is 0 Å². The Morgan fingerprint density at radius 3 is 2.20 bits per heavy atom. The zero-order valence-corrected chi connectivity index (χ0v) is 12.8. The van der Waals surface area contributed by atoms with Gasteiger partial charge in [0.1, 0.15) is 11.4 Å². The van der Waals surface area contributed by atoms with Gasteiger partial charge in [-0.25, -0.2) is 13.2 Å². The fraction of sp³-hybridized carbons (Fsp3) is 0.833. The SMILES string of the molecule is CC(C)(C(=O)N1CCC(OCC(=O)O)CC1)S(C)(=O)=O. The lowest BCUT2D eigenvalue weighted by molar-refractivity contribution is -0.147. The van der Waals surface area contributed by atoms with Gasteiger partial charge in [0, 0.05) is 19.3 Å². The van der Waals surface area contributed by atoms with E-state index in [0.717, 1.165) is 6.26 Å². The van der Waals surface area contributed by atoms with E-state index < -0.39 is 26.5 Å². The van der Waals surface area contributed by atoms with Crippen LogP contribution in [0, 0.1) is 0 Å². The van der Waals surface area contributed by atoms with E-state index in [0.29, 0.717) is 25.9 Å². The second-order valence-corrected chi connectivity index (χ2v) is 8.04. The third-order valence-electron chi connectivity index (χ3n) is 3.61. The molecule has 0 aliphatic carbocycles. The summed E-state index contributed by atoms with van der Waals surface area (Å²) in [4.78, 5) is 24.2. The summed E-state index contributed by atoms with van der Waals surface area (Å²) in [5.41, 5.74) is 0. The molecule has 1 aliphatic heterocycles. The summed E-state index contributed by atoms with van der Waals surface area (Å²) in [5.74, 6) is -1.45. The predicted octanol–water partition coefficient (Wildman–Crippen LogP) is -0.0982. The minimum atomic E-state index is -3.49. The van der Waals surface area contributed by atoms with Crippen LogP contribution in [0.5, 0.6) is 0 Å². The summed E-state index contributed by atoms with van der Waals surface area (Å²) in [6.45, 7) is 3.20. The van der Waals surface area contributed by atoms with Crippen molar-refractivity contribution >= 4 is 21.7 Å². The Morgan fingerprint density at radius 1 is 1.30 bits per heavy atom. The third kappa shape index (κ3) is 3.92. The van der Waals surface area contributed by atoms with Crippen LogP contribution in [-0.4, -0.2) is 67.1 Å². The molecular weight excluding hydrogens is 286 g/mol. The van der Waals surface area contributed by atoms with Crippen LogP contribution in [0.1, 0.15) is 26.7 Å². The van der Waals surface area contributed by atoms with Crippen molar-refractivity contribution in [3.05, 3.63) is 0 Å². The first kappa shape index (κ1) is 16.9. The van der Waals surface area contributed by atoms with Crippen LogP contribution in [0.2, 0.25) is 0 Å². The van der Waals surface area contributed by atoms with Crippen LogP contribution in [-0.2, 0) is 24.2 Å². The minimum Gasteiger partial charge on any atom is -0.480 e. The number of carbonyl (C=O) groups excluding carboxylic acids is 1. The molecule has 20 heavy (non-hydrogen) atoms. The molecule has 0 aromatic carbocycles. The maximum Gasteiger partial charge on any atom is 0.329 e. The van der Waals surface area contributed by atoms with Gasteiger partial charge >= 0.3 is 5.97 Å². The highest BCUT2D eigenvalue weighted by Crippen LogP contribution is 2.22. The Bertz CT molecular complexity index is 476. The van der Waals surface area contributed by atoms with Crippen LogP contribution < -0.4 is 0 Å². The molecule has 116 valence electrons. The van der Waals surface area contributed by atoms with E-state index in [4.69, 9.17) is 9.84 Å². The minimum absolute atomic E-state index is 0.198. The first-order valence-corrected chi connectivity index (χ1v) is 8.27. The van der Waals surface area contributed by atoms with Gasteiger partial charge in [-0.1, -0.05) is 0 Å². The molecule has 0 aromatic rings. The van der Waals surface area contributed by atoms with E-state index in [1.54, 1.807) is 0 Å². The molecule has 1 saturated heterocycles. The van der Waals surface area contributed by atoms with E-state index in [-0.39, 0.29) is 12.7 Å². The highest BCUT2D eigenvalue weighted by Gasteiger charge is 2.42. The van der Waals surface area contributed by atoms with Gasteiger partial charge < -0.3 is 14.7 Å². The van der Waals surface area contributed by atoms with Crippen molar-refractivity contribution < 1.29 is 27.9 Å². The molecule has 7 nitrogen and oxygen atoms in total. The number of hydrogen-bond donors (Lipinski definition) is 1. The summed E-state index contributed by atoms with van der Waals surface area (Å²) < 4.78 is 27.0. The molecule has 1 rings (SSSR count). The number of ether oxygens (including phenoxy) is 1. The number of piperidine rings is 1. The van der Waals surface area contributed by atoms with Crippen molar-refractivity contribution in [2.45, 2.75) is 37.5 Å². The van der Waals surface area contributed by atoms with E-state index in [2.05, 4.69) is 0 Å². The van der Waals surface area contributed by atoms with Gasteiger partial charge in [0.15, 0.2) is 9.84 Å². The molecule has 0 bridgehead atoms. The van der Waals surface area contributed by atoms with E-state index >= 15 is 0 Å². The standard InChI is InChI=1S/C12H21NO6S/c1-12(2,20(3,17)18)11(16)13-6-4-9(5-7-13)19-8-10(14)15/h9H,4-8H2,1-3H3,(H,14,15). The molecule has 0 spiro atoms. The maximum absolute atomic E-state index is 12.3. The number of rotatable bonds is 5. The molecule has 1 heterocycles. The number of amides is 1. The summed E-state index contributed by atoms with van der Waals surface area (Å²) in [6.07, 6.45) is 1.88. The number of sulfone groups is 1. The monoisotopic (exact) mass is 307 g/mol. The van der Waals surface area contributed by atoms with Crippen LogP contribution in [0.4, 0.5) is 0 Å². The largest absolute Gasteiger partial charge is 0.480 e. The zero-order chi connectivity index (χ0) is 15.6. The average molecular weight is 307 g/mol. The Hall–Kier alpha value is -1.15. The summed E-state index contributed by atoms with van der Waals surface area (Å²) in [7, 11) is -3.49. The van der Waals surface area contributed by atoms with Gasteiger partial charge in [0.2, 0.25) is 5.91 Å². The molecule has 0 saturated carbocycles. The van der Waals surface area contributed by atoms with E-state index in [1.807, 2.05) is 0 Å². The molecule has 0 unspecified atom stereocenters. The fourth-order valence-electron chi connectivity index (χ4n) is 1.95. The van der Waals surface area contributed by atoms with E-state index in [9.17, 15) is 18.0 Å². The van der Waals surface area contributed by atoms with Crippen LogP contribution in [0.25, 0.3) is 0 Å². The average Bonchev–Trinajstić information content (AvgIpc) is 2.34. The number of aliphatic carboxylic acids is 1. The van der Waals surface area contributed by atoms with Crippen LogP contribution in [0.15, 0.2) is 0 Å². The Labute approximate surface area is 118 Å². The number of carboxylic acid groups (broad SMARTS) is 1. The first-order valence-electron chi connectivity index (χ1n) is 6.38. The second kappa shape index (κ2) is 6.09. The maximum atomic E-state index is 12.3. The summed E-state index contributed by atoms with van der Waals surface area (Å²) in [6, 6.07) is 0. The Morgan fingerprint density at radius 2 is 1.80 bits per heavy atom. The highest BCUT2D eigenvalue weighted by molar-refractivity contribution is 7.92. The van der Waals surface area contributed by atoms with Crippen molar-refractivity contribution in [1.82, 2.24) is 4.90 Å². The quantitative estimate of drug-likeness (QED) is 0.761. The van der Waals surface area contributed by atoms with Gasteiger partial charge in [-0.05, 0) is 26.7 Å². The fourth-order valence-corrected chi connectivity index (χ4v) is 2.40. The van der Waals surface area contributed by atoms with Crippen molar-refractivity contribution in [2.75, 3.05) is 26.0 Å². The highest BCUT2D eigenvalue weighted by atomic mass is 32.2. The van der Waals surface area contributed by atoms with Crippen molar-refractivity contribution in [3.63, 3.8) is 0 Å². The number of carbonyl (C=O) groups is 2. The van der Waals surface area contributed by atoms with Gasteiger partial charge in [-0.2, -0.15) is 0 Å². The molecule has 1 amide bonds. The molecule has 0 aromatic heterocycles. The number of carboxylic acids is 1. The topological polar surface area (TPSA) is 101 Å². The molecule has 0 radical (unpaired) electrons. The van der Waals surface area contributed by atoms with Gasteiger partial charge in [0.25, 0.3) is 0 Å². The lowest BCUT2D eigenvalue weighted by Gasteiger charge is -2.36. The molecule has 0 atom stereocenters. The summed E-state index contributed by atoms with van der Waals surface area (Å²) in [5, 5.41) is 8.52. The zero-order valence-electron chi connectivity index (χ0n) is 12.0. The number of likely N-dealkylation sites (tertiary alicyclic amines) is 1. The second-order valence-electron chi connectivity index (χ2n) is 5.48. The van der Waals surface area contributed by atoms with Crippen molar-refractivity contribution in [3.8, 4) is 0 Å². The molecule has 8 heteroatoms. The lowest BCUT2D eigenvalue weighted by Crippen LogP contribution is -2.52. The Balaban J connectivity index is 2.58. The normalized spacial score (nSPS) is 18.1. The van der Waals surface area contributed by atoms with Gasteiger partial charge in [-0.3, -0.25) is 4.79 Å². The van der Waals surface area contributed by atoms with Gasteiger partial charge in [-0.15, -0.1) is 0 Å². The lowest BCUT2D eigenvalue weighted by atomic mass is 10.1. The summed E-state index contributed by atoms with van der Waals surface area (Å²) >= 11 is 0. The van der Waals surface area contributed by atoms with Gasteiger partial charge in [0.05, 0.1) is 6.10 Å².